The summed E-state index contributed by atoms with van der Waals surface area (Å²) in [4.78, 5) is 0. The Kier molecular flexibility index (Phi) is 3.97. The standard InChI is InChI=1S/C15H14ClN/c16-15-8-6-12(7-9-15)10-14(11-17)13-4-2-1-3-5-13/h1-10H,11,17H2/b14-10-. The third-order valence-electron chi connectivity index (χ3n) is 2.58. The van der Waals surface area contributed by atoms with Crippen LogP contribution in [-0.4, -0.2) is 6.54 Å². The van der Waals surface area contributed by atoms with Crippen LogP contribution >= 0.6 is 11.6 Å². The summed E-state index contributed by atoms with van der Waals surface area (Å²) in [6, 6.07) is 17.9. The molecule has 2 aromatic carbocycles. The Labute approximate surface area is 107 Å². The predicted octanol–water partition coefficient (Wildman–Crippen LogP) is 3.84. The minimum atomic E-state index is 0.520. The van der Waals surface area contributed by atoms with Crippen molar-refractivity contribution in [3.05, 3.63) is 70.7 Å². The molecule has 2 heteroatoms. The molecule has 0 saturated carbocycles. The van der Waals surface area contributed by atoms with E-state index in [1.807, 2.05) is 42.5 Å². The maximum Gasteiger partial charge on any atom is 0.0406 e. The average Bonchev–Trinajstić information content (AvgIpc) is 2.39. The molecule has 0 unspecified atom stereocenters. The van der Waals surface area contributed by atoms with Crippen LogP contribution < -0.4 is 5.73 Å². The highest BCUT2D eigenvalue weighted by atomic mass is 35.5. The summed E-state index contributed by atoms with van der Waals surface area (Å²) in [6.07, 6.45) is 2.09. The van der Waals surface area contributed by atoms with E-state index in [0.717, 1.165) is 21.7 Å². The molecule has 0 aliphatic rings. The average molecular weight is 244 g/mol. The van der Waals surface area contributed by atoms with Crippen molar-refractivity contribution in [2.45, 2.75) is 0 Å². The van der Waals surface area contributed by atoms with Gasteiger partial charge in [-0.2, -0.15) is 0 Å². The summed E-state index contributed by atoms with van der Waals surface area (Å²) in [7, 11) is 0. The largest absolute Gasteiger partial charge is 0.326 e. The second kappa shape index (κ2) is 5.67. The van der Waals surface area contributed by atoms with Gasteiger partial charge in [-0.25, -0.2) is 0 Å². The van der Waals surface area contributed by atoms with Crippen LogP contribution in [0, 0.1) is 0 Å². The van der Waals surface area contributed by atoms with Crippen LogP contribution in [0.5, 0.6) is 0 Å². The number of hydrogen-bond acceptors (Lipinski definition) is 1. The van der Waals surface area contributed by atoms with E-state index >= 15 is 0 Å². The van der Waals surface area contributed by atoms with Crippen molar-refractivity contribution < 1.29 is 0 Å². The number of hydrogen-bond donors (Lipinski definition) is 1. The van der Waals surface area contributed by atoms with Crippen molar-refractivity contribution in [2.24, 2.45) is 5.73 Å². The molecular weight excluding hydrogens is 230 g/mol. The third-order valence-corrected chi connectivity index (χ3v) is 2.83. The number of nitrogens with two attached hydrogens (primary N) is 1. The topological polar surface area (TPSA) is 26.0 Å². The number of benzene rings is 2. The maximum absolute atomic E-state index is 5.85. The monoisotopic (exact) mass is 243 g/mol. The van der Waals surface area contributed by atoms with E-state index in [1.165, 1.54) is 0 Å². The first kappa shape index (κ1) is 11.9. The minimum absolute atomic E-state index is 0.520. The van der Waals surface area contributed by atoms with Crippen molar-refractivity contribution >= 4 is 23.3 Å². The Morgan fingerprint density at radius 1 is 1.00 bits per heavy atom. The van der Waals surface area contributed by atoms with Crippen molar-refractivity contribution in [2.75, 3.05) is 6.54 Å². The van der Waals surface area contributed by atoms with E-state index in [0.29, 0.717) is 6.54 Å². The highest BCUT2D eigenvalue weighted by molar-refractivity contribution is 6.30. The second-order valence-electron chi connectivity index (χ2n) is 3.79. The Morgan fingerprint density at radius 2 is 1.65 bits per heavy atom. The molecule has 0 spiro atoms. The van der Waals surface area contributed by atoms with Gasteiger partial charge in [0.25, 0.3) is 0 Å². The van der Waals surface area contributed by atoms with E-state index in [9.17, 15) is 0 Å². The van der Waals surface area contributed by atoms with Crippen molar-refractivity contribution in [3.63, 3.8) is 0 Å². The maximum atomic E-state index is 5.85. The molecule has 2 rings (SSSR count). The van der Waals surface area contributed by atoms with Crippen molar-refractivity contribution in [3.8, 4) is 0 Å². The lowest BCUT2D eigenvalue weighted by Crippen LogP contribution is -2.01. The molecule has 0 radical (unpaired) electrons. The van der Waals surface area contributed by atoms with Crippen LogP contribution in [-0.2, 0) is 0 Å². The van der Waals surface area contributed by atoms with E-state index in [2.05, 4.69) is 18.2 Å². The van der Waals surface area contributed by atoms with Crippen LogP contribution in [0.15, 0.2) is 54.6 Å². The van der Waals surface area contributed by atoms with E-state index in [1.54, 1.807) is 0 Å². The second-order valence-corrected chi connectivity index (χ2v) is 4.23. The lowest BCUT2D eigenvalue weighted by Gasteiger charge is -2.05. The molecule has 0 amide bonds. The summed E-state index contributed by atoms with van der Waals surface area (Å²) in [5.74, 6) is 0. The van der Waals surface area contributed by atoms with Gasteiger partial charge in [-0.3, -0.25) is 0 Å². The smallest absolute Gasteiger partial charge is 0.0406 e. The van der Waals surface area contributed by atoms with Crippen molar-refractivity contribution in [1.29, 1.82) is 0 Å². The molecule has 0 heterocycles. The predicted molar refractivity (Wildman–Crippen MR) is 74.8 cm³/mol. The summed E-state index contributed by atoms with van der Waals surface area (Å²) >= 11 is 5.85. The van der Waals surface area contributed by atoms with Gasteiger partial charge in [0.05, 0.1) is 0 Å². The lowest BCUT2D eigenvalue weighted by atomic mass is 10.0. The van der Waals surface area contributed by atoms with Gasteiger partial charge in [0.1, 0.15) is 0 Å². The van der Waals surface area contributed by atoms with E-state index in [-0.39, 0.29) is 0 Å². The lowest BCUT2D eigenvalue weighted by molar-refractivity contribution is 1.27. The first-order valence-electron chi connectivity index (χ1n) is 5.51. The van der Waals surface area contributed by atoms with Gasteiger partial charge in [0.2, 0.25) is 0 Å². The fraction of sp³-hybridized carbons (Fsp3) is 0.0667. The van der Waals surface area contributed by atoms with Gasteiger partial charge >= 0.3 is 0 Å². The summed E-state index contributed by atoms with van der Waals surface area (Å²) in [5, 5.41) is 0.746. The number of halogens is 1. The molecule has 0 saturated heterocycles. The zero-order valence-electron chi connectivity index (χ0n) is 9.44. The minimum Gasteiger partial charge on any atom is -0.326 e. The summed E-state index contributed by atoms with van der Waals surface area (Å²) in [6.45, 7) is 0.520. The molecular formula is C15H14ClN. The summed E-state index contributed by atoms with van der Waals surface area (Å²) in [5.41, 5.74) is 9.17. The van der Waals surface area contributed by atoms with E-state index < -0.39 is 0 Å². The molecule has 86 valence electrons. The Bertz CT molecular complexity index is 500. The zero-order valence-corrected chi connectivity index (χ0v) is 10.2. The molecule has 2 aromatic rings. The van der Waals surface area contributed by atoms with Gasteiger partial charge in [-0.15, -0.1) is 0 Å². The van der Waals surface area contributed by atoms with Gasteiger partial charge in [-0.05, 0) is 34.9 Å². The summed E-state index contributed by atoms with van der Waals surface area (Å²) < 4.78 is 0. The normalized spacial score (nSPS) is 11.5. The molecule has 0 aromatic heterocycles. The molecule has 0 aliphatic carbocycles. The van der Waals surface area contributed by atoms with Crippen LogP contribution in [0.3, 0.4) is 0 Å². The first-order valence-corrected chi connectivity index (χ1v) is 5.89. The zero-order chi connectivity index (χ0) is 12.1. The quantitative estimate of drug-likeness (QED) is 0.815. The Hall–Kier alpha value is -1.57. The fourth-order valence-electron chi connectivity index (χ4n) is 1.67. The SMILES string of the molecule is NC/C(=C/c1ccc(Cl)cc1)c1ccccc1. The van der Waals surface area contributed by atoms with Crippen LogP contribution in [0.2, 0.25) is 5.02 Å². The highest BCUT2D eigenvalue weighted by Crippen LogP contribution is 2.18. The van der Waals surface area contributed by atoms with Crippen LogP contribution in [0.4, 0.5) is 0 Å². The molecule has 0 bridgehead atoms. The molecule has 0 atom stereocenters. The van der Waals surface area contributed by atoms with Crippen molar-refractivity contribution in [1.82, 2.24) is 0 Å². The molecule has 0 aliphatic heterocycles. The van der Waals surface area contributed by atoms with Gasteiger partial charge in [0.15, 0.2) is 0 Å². The third kappa shape index (κ3) is 3.19. The Morgan fingerprint density at radius 3 is 2.24 bits per heavy atom. The molecule has 1 nitrogen and oxygen atoms in total. The van der Waals surface area contributed by atoms with Crippen LogP contribution in [0.1, 0.15) is 11.1 Å². The number of rotatable bonds is 3. The van der Waals surface area contributed by atoms with Crippen LogP contribution in [0.25, 0.3) is 11.6 Å². The first-order chi connectivity index (χ1) is 8.29. The highest BCUT2D eigenvalue weighted by Gasteiger charge is 1.98. The Balaban J connectivity index is 2.33. The van der Waals surface area contributed by atoms with E-state index in [4.69, 9.17) is 17.3 Å². The molecule has 17 heavy (non-hydrogen) atoms. The molecule has 2 N–H and O–H groups in total. The van der Waals surface area contributed by atoms with Gasteiger partial charge < -0.3 is 5.73 Å². The van der Waals surface area contributed by atoms with Gasteiger partial charge in [0, 0.05) is 11.6 Å². The fourth-order valence-corrected chi connectivity index (χ4v) is 1.80. The van der Waals surface area contributed by atoms with Gasteiger partial charge in [-0.1, -0.05) is 54.1 Å². The molecule has 0 fully saturated rings.